The van der Waals surface area contributed by atoms with Crippen molar-refractivity contribution < 1.29 is 19.4 Å². The predicted octanol–water partition coefficient (Wildman–Crippen LogP) is 0.0518. The van der Waals surface area contributed by atoms with Gasteiger partial charge in [-0.15, -0.1) is 0 Å². The zero-order chi connectivity index (χ0) is 11.5. The Kier molecular flexibility index (Phi) is 9.05. The lowest BCUT2D eigenvalue weighted by molar-refractivity contribution is -0.119. The van der Waals surface area contributed by atoms with Crippen LogP contribution in [0, 0.1) is 0 Å². The lowest BCUT2D eigenvalue weighted by atomic mass is 10.3. The minimum atomic E-state index is -0.212. The summed E-state index contributed by atoms with van der Waals surface area (Å²) in [6.45, 7) is 6.82. The van der Waals surface area contributed by atoms with Crippen LogP contribution in [-0.4, -0.2) is 44.2 Å². The zero-order valence-corrected chi connectivity index (χ0v) is 9.12. The first-order valence-corrected chi connectivity index (χ1v) is 4.88. The monoisotopic (exact) mass is 217 g/mol. The van der Waals surface area contributed by atoms with E-state index < -0.39 is 0 Å². The molecule has 5 heteroatoms. The molecule has 0 unspecified atom stereocenters. The van der Waals surface area contributed by atoms with Crippen molar-refractivity contribution in [3.63, 3.8) is 0 Å². The van der Waals surface area contributed by atoms with Crippen molar-refractivity contribution in [2.45, 2.75) is 13.3 Å². The average Bonchev–Trinajstić information content (AvgIpc) is 2.21. The Morgan fingerprint density at radius 2 is 2.00 bits per heavy atom. The summed E-state index contributed by atoms with van der Waals surface area (Å²) in [6, 6.07) is 0. The molecule has 2 N–H and O–H groups in total. The molecule has 0 radical (unpaired) electrons. The smallest absolute Gasteiger partial charge is 0.248 e. The van der Waals surface area contributed by atoms with E-state index in [1.165, 1.54) is 0 Å². The Bertz CT molecular complexity index is 194. The lowest BCUT2D eigenvalue weighted by Gasteiger charge is -2.06. The standard InChI is InChI=1S/C10H19NO4/c1-9(2)10(13)11-8-15-7-6-14-5-3-4-12/h12H,1,3-8H2,2H3,(H,11,13). The summed E-state index contributed by atoms with van der Waals surface area (Å²) >= 11 is 0. The first-order chi connectivity index (χ1) is 7.18. The quantitative estimate of drug-likeness (QED) is 0.325. The first kappa shape index (κ1) is 14.1. The van der Waals surface area contributed by atoms with Crippen LogP contribution in [0.1, 0.15) is 13.3 Å². The molecule has 0 aliphatic rings. The Morgan fingerprint density at radius 1 is 1.33 bits per heavy atom. The number of nitrogens with one attached hydrogen (secondary N) is 1. The van der Waals surface area contributed by atoms with Crippen molar-refractivity contribution in [3.8, 4) is 0 Å². The molecule has 0 aromatic heterocycles. The fourth-order valence-corrected chi connectivity index (χ4v) is 0.726. The van der Waals surface area contributed by atoms with Crippen LogP contribution < -0.4 is 5.32 Å². The number of carbonyl (C=O) groups excluding carboxylic acids is 1. The molecule has 0 atom stereocenters. The molecule has 0 aromatic carbocycles. The fourth-order valence-electron chi connectivity index (χ4n) is 0.726. The fraction of sp³-hybridized carbons (Fsp3) is 0.700. The molecule has 0 fully saturated rings. The highest BCUT2D eigenvalue weighted by Crippen LogP contribution is 1.85. The van der Waals surface area contributed by atoms with Crippen molar-refractivity contribution in [1.82, 2.24) is 5.32 Å². The third kappa shape index (κ3) is 9.40. The second-order valence-electron chi connectivity index (χ2n) is 3.03. The van der Waals surface area contributed by atoms with Crippen LogP contribution in [0.25, 0.3) is 0 Å². The third-order valence-electron chi connectivity index (χ3n) is 1.54. The van der Waals surface area contributed by atoms with E-state index in [1.54, 1.807) is 6.92 Å². The maximum absolute atomic E-state index is 11.0. The maximum atomic E-state index is 11.0. The second-order valence-corrected chi connectivity index (χ2v) is 3.03. The van der Waals surface area contributed by atoms with Gasteiger partial charge in [-0.3, -0.25) is 4.79 Å². The zero-order valence-electron chi connectivity index (χ0n) is 9.12. The van der Waals surface area contributed by atoms with E-state index in [1.807, 2.05) is 0 Å². The summed E-state index contributed by atoms with van der Waals surface area (Å²) in [5.41, 5.74) is 0.456. The van der Waals surface area contributed by atoms with Gasteiger partial charge < -0.3 is 19.9 Å². The number of hydrogen-bond donors (Lipinski definition) is 2. The normalized spacial score (nSPS) is 10.0. The molecular weight excluding hydrogens is 198 g/mol. The summed E-state index contributed by atoms with van der Waals surface area (Å²) < 4.78 is 10.2. The molecule has 0 aliphatic carbocycles. The molecule has 0 aromatic rings. The van der Waals surface area contributed by atoms with E-state index in [0.717, 1.165) is 0 Å². The molecule has 5 nitrogen and oxygen atoms in total. The lowest BCUT2D eigenvalue weighted by Crippen LogP contribution is -2.27. The summed E-state index contributed by atoms with van der Waals surface area (Å²) in [4.78, 5) is 11.0. The third-order valence-corrected chi connectivity index (χ3v) is 1.54. The van der Waals surface area contributed by atoms with Crippen molar-refractivity contribution in [1.29, 1.82) is 0 Å². The van der Waals surface area contributed by atoms with Gasteiger partial charge in [0.25, 0.3) is 0 Å². The topological polar surface area (TPSA) is 67.8 Å². The van der Waals surface area contributed by atoms with Crippen LogP contribution >= 0.6 is 0 Å². The Labute approximate surface area is 90.1 Å². The number of hydrogen-bond acceptors (Lipinski definition) is 4. The first-order valence-electron chi connectivity index (χ1n) is 4.88. The number of aliphatic hydroxyl groups is 1. The van der Waals surface area contributed by atoms with Crippen molar-refractivity contribution in [3.05, 3.63) is 12.2 Å². The highest BCUT2D eigenvalue weighted by Gasteiger charge is 1.98. The Morgan fingerprint density at radius 3 is 2.60 bits per heavy atom. The SMILES string of the molecule is C=C(C)C(=O)NCOCCOCCCO. The number of ether oxygens (including phenoxy) is 2. The van der Waals surface area contributed by atoms with Gasteiger partial charge in [-0.25, -0.2) is 0 Å². The molecule has 1 amide bonds. The molecule has 88 valence electrons. The van der Waals surface area contributed by atoms with Gasteiger partial charge >= 0.3 is 0 Å². The van der Waals surface area contributed by atoms with Crippen LogP contribution in [0.4, 0.5) is 0 Å². The number of carbonyl (C=O) groups is 1. The van der Waals surface area contributed by atoms with Gasteiger partial charge in [-0.1, -0.05) is 6.58 Å². The van der Waals surface area contributed by atoms with E-state index in [-0.39, 0.29) is 19.2 Å². The van der Waals surface area contributed by atoms with Gasteiger partial charge in [-0.2, -0.15) is 0 Å². The van der Waals surface area contributed by atoms with Crippen molar-refractivity contribution in [2.75, 3.05) is 33.2 Å². The van der Waals surface area contributed by atoms with Gasteiger partial charge in [-0.05, 0) is 13.3 Å². The summed E-state index contributed by atoms with van der Waals surface area (Å²) in [6.07, 6.45) is 0.631. The highest BCUT2D eigenvalue weighted by atomic mass is 16.5. The van der Waals surface area contributed by atoms with E-state index >= 15 is 0 Å². The van der Waals surface area contributed by atoms with Gasteiger partial charge in [0.2, 0.25) is 5.91 Å². The van der Waals surface area contributed by atoms with Crippen LogP contribution in [0.15, 0.2) is 12.2 Å². The van der Waals surface area contributed by atoms with Crippen molar-refractivity contribution in [2.24, 2.45) is 0 Å². The summed E-state index contributed by atoms with van der Waals surface area (Å²) in [5.74, 6) is -0.212. The molecule has 0 rings (SSSR count). The number of amides is 1. The van der Waals surface area contributed by atoms with Gasteiger partial charge in [0, 0.05) is 18.8 Å². The molecule has 0 aliphatic heterocycles. The van der Waals surface area contributed by atoms with E-state index in [0.29, 0.717) is 31.8 Å². The van der Waals surface area contributed by atoms with Gasteiger partial charge in [0.1, 0.15) is 6.73 Å². The van der Waals surface area contributed by atoms with Gasteiger partial charge in [0.05, 0.1) is 13.2 Å². The molecule has 0 heterocycles. The minimum Gasteiger partial charge on any atom is -0.396 e. The summed E-state index contributed by atoms with van der Waals surface area (Å²) in [7, 11) is 0. The molecule has 0 saturated carbocycles. The maximum Gasteiger partial charge on any atom is 0.248 e. The molecule has 0 spiro atoms. The Hall–Kier alpha value is -0.910. The Balaban J connectivity index is 3.11. The van der Waals surface area contributed by atoms with Crippen molar-refractivity contribution >= 4 is 5.91 Å². The number of aliphatic hydroxyl groups excluding tert-OH is 1. The van der Waals surface area contributed by atoms with E-state index in [2.05, 4.69) is 11.9 Å². The van der Waals surface area contributed by atoms with Crippen LogP contribution in [0.3, 0.4) is 0 Å². The van der Waals surface area contributed by atoms with E-state index in [4.69, 9.17) is 14.6 Å². The molecular formula is C10H19NO4. The largest absolute Gasteiger partial charge is 0.396 e. The van der Waals surface area contributed by atoms with Gasteiger partial charge in [0.15, 0.2) is 0 Å². The average molecular weight is 217 g/mol. The summed E-state index contributed by atoms with van der Waals surface area (Å²) in [5, 5.41) is 11.0. The molecule has 0 saturated heterocycles. The second kappa shape index (κ2) is 9.64. The van der Waals surface area contributed by atoms with E-state index in [9.17, 15) is 4.79 Å². The predicted molar refractivity (Wildman–Crippen MR) is 56.3 cm³/mol. The number of rotatable bonds is 9. The molecule has 0 bridgehead atoms. The van der Waals surface area contributed by atoms with Crippen LogP contribution in [0.5, 0.6) is 0 Å². The minimum absolute atomic E-state index is 0.134. The highest BCUT2D eigenvalue weighted by molar-refractivity contribution is 5.91. The molecule has 15 heavy (non-hydrogen) atoms. The van der Waals surface area contributed by atoms with Crippen LogP contribution in [0.2, 0.25) is 0 Å². The van der Waals surface area contributed by atoms with Crippen LogP contribution in [-0.2, 0) is 14.3 Å².